The van der Waals surface area contributed by atoms with Crippen LogP contribution < -0.4 is 37.6 Å². The summed E-state index contributed by atoms with van der Waals surface area (Å²) in [6.45, 7) is 0. The smallest absolute Gasteiger partial charge is 0.399 e. The summed E-state index contributed by atoms with van der Waals surface area (Å²) in [6.07, 6.45) is 3.61. The van der Waals surface area contributed by atoms with Gasteiger partial charge in [-0.15, -0.1) is 0 Å². The van der Waals surface area contributed by atoms with Gasteiger partial charge in [-0.25, -0.2) is 14.8 Å². The summed E-state index contributed by atoms with van der Waals surface area (Å²) < 4.78 is 38.7. The number of nitrogens with two attached hydrogens (primary N) is 1. The molecule has 0 spiro atoms. The lowest BCUT2D eigenvalue weighted by Gasteiger charge is -2.12. The number of benzene rings is 3. The Balaban J connectivity index is 0.000000180. The Morgan fingerprint density at radius 3 is 1.61 bits per heavy atom. The molecule has 19 heteroatoms. The molecule has 10 N–H and O–H groups in total. The Hall–Kier alpha value is -7.70. The SMILES string of the molecule is Nc1cccc(Nc2nccc(Nc3cc(C4CC4)[nH]n3)n2)c1.O=C(Nc1cccc(Nc2nccc(Nc3cc(C4CC4)[nH]n3)n2)c1)Nc1cccc(C(F)(F)F)c1. The number of rotatable bonds is 12. The first kappa shape index (κ1) is 38.2. The number of hydrogen-bond acceptors (Lipinski definition) is 12. The van der Waals surface area contributed by atoms with E-state index in [4.69, 9.17) is 5.73 Å². The molecule has 0 atom stereocenters. The highest BCUT2D eigenvalue weighted by Gasteiger charge is 2.30. The summed E-state index contributed by atoms with van der Waals surface area (Å²) in [4.78, 5) is 29.6. The summed E-state index contributed by atoms with van der Waals surface area (Å²) in [5, 5.41) is 32.1. The fourth-order valence-corrected chi connectivity index (χ4v) is 5.86. The number of H-pyrrole nitrogens is 2. The van der Waals surface area contributed by atoms with Gasteiger partial charge in [0.2, 0.25) is 11.9 Å². The Bertz CT molecular complexity index is 2550. The first-order chi connectivity index (χ1) is 28.6. The molecule has 300 valence electrons. The quantitative estimate of drug-likeness (QED) is 0.0527. The largest absolute Gasteiger partial charge is 0.416 e. The number of hydrogen-bond donors (Lipinski definition) is 9. The molecule has 2 aliphatic carbocycles. The third-order valence-corrected chi connectivity index (χ3v) is 9.02. The molecule has 0 bridgehead atoms. The first-order valence-electron chi connectivity index (χ1n) is 18.6. The monoisotopic (exact) mass is 801 g/mol. The number of nitrogens with zero attached hydrogens (tertiary/aromatic N) is 6. The number of carbonyl (C=O) groups excluding carboxylic acids is 1. The normalized spacial score (nSPS) is 13.4. The zero-order valence-corrected chi connectivity index (χ0v) is 31.2. The molecule has 2 amide bonds. The molecular weight excluding hydrogens is 764 g/mol. The van der Waals surface area contributed by atoms with E-state index in [1.807, 2.05) is 36.4 Å². The number of nitrogens with one attached hydrogen (secondary N) is 8. The van der Waals surface area contributed by atoms with Gasteiger partial charge in [0.25, 0.3) is 0 Å². The Morgan fingerprint density at radius 2 is 1.08 bits per heavy atom. The highest BCUT2D eigenvalue weighted by Crippen LogP contribution is 2.40. The van der Waals surface area contributed by atoms with Crippen LogP contribution in [0, 0.1) is 0 Å². The van der Waals surface area contributed by atoms with E-state index in [1.165, 1.54) is 43.5 Å². The van der Waals surface area contributed by atoms with Crippen molar-refractivity contribution in [3.05, 3.63) is 126 Å². The van der Waals surface area contributed by atoms with Crippen molar-refractivity contribution in [2.24, 2.45) is 0 Å². The highest BCUT2D eigenvalue weighted by molar-refractivity contribution is 6.00. The Labute approximate surface area is 335 Å². The molecule has 0 aliphatic heterocycles. The van der Waals surface area contributed by atoms with E-state index in [9.17, 15) is 18.0 Å². The summed E-state index contributed by atoms with van der Waals surface area (Å²) in [6, 6.07) is 25.4. The minimum atomic E-state index is -4.50. The van der Waals surface area contributed by atoms with Gasteiger partial charge in [0.15, 0.2) is 11.6 Å². The molecule has 16 nitrogen and oxygen atoms in total. The molecule has 7 aromatic rings. The summed E-state index contributed by atoms with van der Waals surface area (Å²) >= 11 is 0. The van der Waals surface area contributed by atoms with Crippen LogP contribution in [0.15, 0.2) is 109 Å². The maximum absolute atomic E-state index is 12.9. The van der Waals surface area contributed by atoms with Crippen molar-refractivity contribution in [2.45, 2.75) is 43.7 Å². The molecule has 0 unspecified atom stereocenters. The number of aromatic nitrogens is 8. The minimum Gasteiger partial charge on any atom is -0.399 e. The van der Waals surface area contributed by atoms with Crippen molar-refractivity contribution in [3.63, 3.8) is 0 Å². The van der Waals surface area contributed by atoms with Gasteiger partial charge in [-0.1, -0.05) is 18.2 Å². The molecule has 2 fully saturated rings. The average molecular weight is 802 g/mol. The van der Waals surface area contributed by atoms with Crippen molar-refractivity contribution < 1.29 is 18.0 Å². The van der Waals surface area contributed by atoms with E-state index < -0.39 is 17.8 Å². The molecule has 2 saturated carbocycles. The van der Waals surface area contributed by atoms with Crippen molar-refractivity contribution in [1.82, 2.24) is 40.3 Å². The van der Waals surface area contributed by atoms with E-state index in [0.29, 0.717) is 58.2 Å². The van der Waals surface area contributed by atoms with E-state index in [1.54, 1.807) is 48.8 Å². The summed E-state index contributed by atoms with van der Waals surface area (Å²) in [5.74, 6) is 4.69. The molecule has 4 aromatic heterocycles. The summed E-state index contributed by atoms with van der Waals surface area (Å²) in [7, 11) is 0. The molecule has 0 radical (unpaired) electrons. The number of amides is 2. The molecular formula is C40H38F3N15O. The van der Waals surface area contributed by atoms with E-state index >= 15 is 0 Å². The molecule has 3 aromatic carbocycles. The van der Waals surface area contributed by atoms with Crippen LogP contribution in [0.25, 0.3) is 0 Å². The van der Waals surface area contributed by atoms with Crippen molar-refractivity contribution in [3.8, 4) is 0 Å². The highest BCUT2D eigenvalue weighted by atomic mass is 19.4. The van der Waals surface area contributed by atoms with Crippen LogP contribution in [-0.2, 0) is 6.18 Å². The van der Waals surface area contributed by atoms with Gasteiger partial charge in [-0.2, -0.15) is 33.3 Å². The van der Waals surface area contributed by atoms with Crippen molar-refractivity contribution in [1.29, 1.82) is 0 Å². The fraction of sp³-hybridized carbons (Fsp3) is 0.175. The maximum Gasteiger partial charge on any atom is 0.416 e. The van der Waals surface area contributed by atoms with E-state index in [0.717, 1.165) is 29.3 Å². The zero-order valence-electron chi connectivity index (χ0n) is 31.2. The molecule has 9 rings (SSSR count). The van der Waals surface area contributed by atoms with Gasteiger partial charge >= 0.3 is 12.2 Å². The van der Waals surface area contributed by atoms with Crippen LogP contribution in [0.2, 0.25) is 0 Å². The number of urea groups is 1. The molecule has 4 heterocycles. The predicted molar refractivity (Wildman–Crippen MR) is 220 cm³/mol. The predicted octanol–water partition coefficient (Wildman–Crippen LogP) is 9.37. The number of halogens is 3. The van der Waals surface area contributed by atoms with Crippen molar-refractivity contribution in [2.75, 3.05) is 37.6 Å². The number of alkyl halides is 3. The third kappa shape index (κ3) is 10.8. The first-order valence-corrected chi connectivity index (χ1v) is 18.6. The molecule has 0 saturated heterocycles. The molecule has 2 aliphatic rings. The van der Waals surface area contributed by atoms with Crippen molar-refractivity contribution >= 4 is 69.6 Å². The zero-order chi connectivity index (χ0) is 40.8. The standard InChI is InChI=1S/C24H21F3N8O.C16H17N7/c25-24(26,27)15-3-1-4-16(11-15)30-23(36)31-18-6-2-5-17(12-18)29-22-28-10-9-20(33-22)32-21-13-19(34-35-21)14-7-8-14;17-11-2-1-3-12(8-11)19-16-18-7-6-14(21-16)20-15-9-13(22-23-15)10-4-5-10/h1-6,9-14H,7-8H2,(H2,30,31,36)(H3,28,29,32,33,34,35);1-3,6-10H,4-5,17H2,(H3,18,19,20,21,22,23). The molecule has 59 heavy (non-hydrogen) atoms. The Kier molecular flexibility index (Phi) is 10.9. The second-order valence-corrected chi connectivity index (χ2v) is 13.9. The number of nitrogen functional groups attached to an aromatic ring is 1. The lowest BCUT2D eigenvalue weighted by Crippen LogP contribution is -2.19. The summed E-state index contributed by atoms with van der Waals surface area (Å²) in [5.41, 5.74) is 9.78. The third-order valence-electron chi connectivity index (χ3n) is 9.02. The van der Waals surface area contributed by atoms with E-state index in [-0.39, 0.29) is 5.69 Å². The van der Waals surface area contributed by atoms with Gasteiger partial charge in [0.1, 0.15) is 11.6 Å². The van der Waals surface area contributed by atoms with Gasteiger partial charge < -0.3 is 37.6 Å². The van der Waals surface area contributed by atoms with Crippen LogP contribution in [0.3, 0.4) is 0 Å². The van der Waals surface area contributed by atoms with Gasteiger partial charge in [-0.05, 0) is 92.4 Å². The van der Waals surface area contributed by atoms with Crippen LogP contribution in [-0.4, -0.2) is 46.4 Å². The maximum atomic E-state index is 12.9. The average Bonchev–Trinajstić information content (AvgIpc) is 4.14. The number of aromatic amines is 2. The van der Waals surface area contributed by atoms with Gasteiger partial charge in [0, 0.05) is 76.2 Å². The van der Waals surface area contributed by atoms with Crippen LogP contribution in [0.4, 0.5) is 81.6 Å². The van der Waals surface area contributed by atoms with Crippen LogP contribution in [0.1, 0.15) is 54.5 Å². The number of carbonyl (C=O) groups is 1. The van der Waals surface area contributed by atoms with E-state index in [2.05, 4.69) is 72.2 Å². The number of anilines is 11. The van der Waals surface area contributed by atoms with Gasteiger partial charge in [-0.3, -0.25) is 10.2 Å². The minimum absolute atomic E-state index is 0.0236. The second-order valence-electron chi connectivity index (χ2n) is 13.9. The topological polar surface area (TPSA) is 224 Å². The van der Waals surface area contributed by atoms with Crippen LogP contribution >= 0.6 is 0 Å². The van der Waals surface area contributed by atoms with Gasteiger partial charge in [0.05, 0.1) is 5.56 Å². The second kappa shape index (κ2) is 16.8. The lowest BCUT2D eigenvalue weighted by atomic mass is 10.2. The fourth-order valence-electron chi connectivity index (χ4n) is 5.86. The lowest BCUT2D eigenvalue weighted by molar-refractivity contribution is -0.137. The Morgan fingerprint density at radius 1 is 0.593 bits per heavy atom. The van der Waals surface area contributed by atoms with Crippen LogP contribution in [0.5, 0.6) is 0 Å².